The molecular formula is C18H27N3O2. The van der Waals surface area contributed by atoms with Crippen LogP contribution in [-0.4, -0.2) is 30.9 Å². The fourth-order valence-corrected chi connectivity index (χ4v) is 4.16. The quantitative estimate of drug-likeness (QED) is 0.755. The Morgan fingerprint density at radius 1 is 1.43 bits per heavy atom. The summed E-state index contributed by atoms with van der Waals surface area (Å²) in [6.07, 6.45) is 8.67. The summed E-state index contributed by atoms with van der Waals surface area (Å²) in [4.78, 5) is 15.0. The van der Waals surface area contributed by atoms with E-state index in [-0.39, 0.29) is 22.3 Å². The number of carbonyl (C=O) groups excluding carboxylic acids is 1. The van der Waals surface area contributed by atoms with Gasteiger partial charge in [-0.3, -0.25) is 4.79 Å². The Hall–Kier alpha value is -1.59. The summed E-state index contributed by atoms with van der Waals surface area (Å²) in [5, 5.41) is 14.8. The second kappa shape index (κ2) is 6.13. The van der Waals surface area contributed by atoms with Crippen molar-refractivity contribution < 1.29 is 9.86 Å². The molecule has 3 aliphatic rings. The number of hydrogen-bond acceptors (Lipinski definition) is 3. The Morgan fingerprint density at radius 2 is 2.22 bits per heavy atom. The van der Waals surface area contributed by atoms with Crippen molar-refractivity contribution in [2.24, 2.45) is 11.3 Å². The summed E-state index contributed by atoms with van der Waals surface area (Å²) in [5.74, 6) is 0.402. The monoisotopic (exact) mass is 317 g/mol. The maximum Gasteiger partial charge on any atom is 0.232 e. The zero-order valence-corrected chi connectivity index (χ0v) is 14.2. The lowest BCUT2D eigenvalue weighted by Gasteiger charge is -2.32. The first-order valence-electron chi connectivity index (χ1n) is 8.57. The number of carbonyl (C=O) groups is 1. The number of hydroxylamine groups is 2. The summed E-state index contributed by atoms with van der Waals surface area (Å²) in [7, 11) is 1.63. The van der Waals surface area contributed by atoms with Crippen LogP contribution in [-0.2, 0) is 4.79 Å². The molecule has 1 spiro atoms. The molecule has 5 nitrogen and oxygen atoms in total. The molecule has 0 aromatic carbocycles. The van der Waals surface area contributed by atoms with Gasteiger partial charge in [-0.15, -0.1) is 0 Å². The zero-order valence-electron chi connectivity index (χ0n) is 14.2. The number of rotatable bonds is 2. The van der Waals surface area contributed by atoms with Gasteiger partial charge in [0.05, 0.1) is 12.5 Å². The highest BCUT2D eigenvalue weighted by Crippen LogP contribution is 2.41. The lowest BCUT2D eigenvalue weighted by Crippen LogP contribution is -3.02. The smallest absolute Gasteiger partial charge is 0.232 e. The highest BCUT2D eigenvalue weighted by Gasteiger charge is 2.46. The minimum Gasteiger partial charge on any atom is -0.629 e. The van der Waals surface area contributed by atoms with Crippen LogP contribution >= 0.6 is 0 Å². The summed E-state index contributed by atoms with van der Waals surface area (Å²) in [5.41, 5.74) is 2.75. The Labute approximate surface area is 138 Å². The van der Waals surface area contributed by atoms with Gasteiger partial charge in [0, 0.05) is 30.4 Å². The Bertz CT molecular complexity index is 579. The largest absolute Gasteiger partial charge is 0.629 e. The van der Waals surface area contributed by atoms with Crippen LogP contribution in [0.5, 0.6) is 0 Å². The molecule has 5 heteroatoms. The molecule has 0 aromatic rings. The SMILES string of the molecule is C=C1CCCC2(CCN(C3=CC=C([NH+](C)[O-])C(C)C3)C2)C(=O)N1. The molecule has 23 heavy (non-hydrogen) atoms. The van der Waals surface area contributed by atoms with E-state index >= 15 is 0 Å². The molecule has 2 fully saturated rings. The first-order chi connectivity index (χ1) is 10.9. The number of quaternary nitrogens is 1. The molecule has 3 rings (SSSR count). The van der Waals surface area contributed by atoms with Crippen LogP contribution < -0.4 is 10.4 Å². The third-order valence-corrected chi connectivity index (χ3v) is 5.57. The molecule has 2 saturated heterocycles. The van der Waals surface area contributed by atoms with E-state index in [2.05, 4.69) is 29.8 Å². The molecule has 0 saturated carbocycles. The number of likely N-dealkylation sites (tertiary alicyclic amines) is 1. The number of allylic oxidation sites excluding steroid dienone is 5. The molecule has 0 aromatic heterocycles. The highest BCUT2D eigenvalue weighted by molar-refractivity contribution is 5.85. The van der Waals surface area contributed by atoms with Crippen molar-refractivity contribution >= 4 is 5.91 Å². The topological polar surface area (TPSA) is 59.8 Å². The number of hydrogen-bond donors (Lipinski definition) is 2. The second-order valence-electron chi connectivity index (χ2n) is 7.30. The predicted octanol–water partition coefficient (Wildman–Crippen LogP) is 1.31. The minimum atomic E-state index is -0.270. The zero-order chi connectivity index (χ0) is 16.6. The van der Waals surface area contributed by atoms with Crippen molar-refractivity contribution in [3.8, 4) is 0 Å². The standard InChI is InChI=1S/C18H27N3O2/c1-13-11-15(6-7-16(13)20(3)23)21-10-9-18(12-21)8-4-5-14(2)19-17(18)22/h6-7,13,20H,2,4-5,8-12H2,1,3H3,(H,19,22). The highest BCUT2D eigenvalue weighted by atomic mass is 16.5. The normalized spacial score (nSPS) is 33.2. The lowest BCUT2D eigenvalue weighted by atomic mass is 9.82. The molecule has 2 heterocycles. The Balaban J connectivity index is 1.75. The van der Waals surface area contributed by atoms with Gasteiger partial charge in [0.2, 0.25) is 5.91 Å². The molecule has 1 amide bonds. The maximum atomic E-state index is 12.6. The van der Waals surface area contributed by atoms with Crippen molar-refractivity contribution in [2.45, 2.75) is 39.0 Å². The summed E-state index contributed by atoms with van der Waals surface area (Å²) in [6, 6.07) is 0. The van der Waals surface area contributed by atoms with Gasteiger partial charge in [0.25, 0.3) is 0 Å². The third-order valence-electron chi connectivity index (χ3n) is 5.57. The van der Waals surface area contributed by atoms with Crippen molar-refractivity contribution in [2.75, 3.05) is 20.1 Å². The third kappa shape index (κ3) is 3.08. The average Bonchev–Trinajstić information content (AvgIpc) is 2.86. The van der Waals surface area contributed by atoms with Crippen molar-refractivity contribution in [1.29, 1.82) is 0 Å². The van der Waals surface area contributed by atoms with Crippen LogP contribution in [0.2, 0.25) is 0 Å². The Kier molecular flexibility index (Phi) is 4.34. The summed E-state index contributed by atoms with van der Waals surface area (Å²) >= 11 is 0. The van der Waals surface area contributed by atoms with E-state index in [0.717, 1.165) is 56.6 Å². The first-order valence-corrected chi connectivity index (χ1v) is 8.57. The van der Waals surface area contributed by atoms with Crippen LogP contribution in [0.25, 0.3) is 0 Å². The van der Waals surface area contributed by atoms with E-state index in [1.165, 1.54) is 5.70 Å². The van der Waals surface area contributed by atoms with Gasteiger partial charge in [-0.25, -0.2) is 0 Å². The number of amides is 1. The maximum absolute atomic E-state index is 12.6. The molecule has 1 aliphatic carbocycles. The Morgan fingerprint density at radius 3 is 2.91 bits per heavy atom. The summed E-state index contributed by atoms with van der Waals surface area (Å²) in [6.45, 7) is 7.74. The van der Waals surface area contributed by atoms with Crippen molar-refractivity contribution in [3.05, 3.63) is 41.0 Å². The van der Waals surface area contributed by atoms with Gasteiger partial charge in [-0.05, 0) is 44.3 Å². The van der Waals surface area contributed by atoms with Gasteiger partial charge < -0.3 is 20.5 Å². The van der Waals surface area contributed by atoms with Gasteiger partial charge in [0.15, 0.2) is 0 Å². The van der Waals surface area contributed by atoms with Crippen molar-refractivity contribution in [1.82, 2.24) is 10.2 Å². The molecule has 0 bridgehead atoms. The van der Waals surface area contributed by atoms with Crippen molar-refractivity contribution in [3.63, 3.8) is 0 Å². The van der Waals surface area contributed by atoms with E-state index in [4.69, 9.17) is 0 Å². The fraction of sp³-hybridized carbons (Fsp3) is 0.611. The second-order valence-corrected chi connectivity index (χ2v) is 7.30. The van der Waals surface area contributed by atoms with E-state index in [1.54, 1.807) is 7.05 Å². The van der Waals surface area contributed by atoms with E-state index in [0.29, 0.717) is 0 Å². The van der Waals surface area contributed by atoms with Gasteiger partial charge in [-0.1, -0.05) is 13.5 Å². The molecular weight excluding hydrogens is 290 g/mol. The van der Waals surface area contributed by atoms with Crippen LogP contribution in [0, 0.1) is 16.5 Å². The van der Waals surface area contributed by atoms with E-state index in [9.17, 15) is 10.0 Å². The predicted molar refractivity (Wildman–Crippen MR) is 90.0 cm³/mol. The summed E-state index contributed by atoms with van der Waals surface area (Å²) < 4.78 is 0. The molecule has 2 N–H and O–H groups in total. The minimum absolute atomic E-state index is 0.145. The molecule has 3 atom stereocenters. The van der Waals surface area contributed by atoms with Gasteiger partial charge >= 0.3 is 0 Å². The van der Waals surface area contributed by atoms with Crippen LogP contribution in [0.15, 0.2) is 35.8 Å². The fourth-order valence-electron chi connectivity index (χ4n) is 4.16. The molecule has 2 aliphatic heterocycles. The van der Waals surface area contributed by atoms with Crippen LogP contribution in [0.4, 0.5) is 0 Å². The van der Waals surface area contributed by atoms with Crippen LogP contribution in [0.1, 0.15) is 39.0 Å². The lowest BCUT2D eigenvalue weighted by molar-refractivity contribution is -0.787. The first kappa shape index (κ1) is 16.3. The van der Waals surface area contributed by atoms with Gasteiger partial charge in [0.1, 0.15) is 5.70 Å². The van der Waals surface area contributed by atoms with E-state index in [1.807, 2.05) is 6.08 Å². The molecule has 3 unspecified atom stereocenters. The van der Waals surface area contributed by atoms with Crippen LogP contribution in [0.3, 0.4) is 0 Å². The number of nitrogens with one attached hydrogen (secondary N) is 2. The average molecular weight is 317 g/mol. The molecule has 126 valence electrons. The van der Waals surface area contributed by atoms with Gasteiger partial charge in [-0.2, -0.15) is 0 Å². The number of nitrogens with zero attached hydrogens (tertiary/aromatic N) is 1. The molecule has 0 radical (unpaired) electrons. The van der Waals surface area contributed by atoms with E-state index < -0.39 is 0 Å².